The minimum Gasteiger partial charge on any atom is -0.506 e. The largest absolute Gasteiger partial charge is 0.506 e. The van der Waals surface area contributed by atoms with E-state index in [1.165, 1.54) is 24.4 Å². The summed E-state index contributed by atoms with van der Waals surface area (Å²) in [5, 5.41) is 29.9. The number of aromatic nitrogens is 1. The Kier molecular flexibility index (Phi) is 6.43. The van der Waals surface area contributed by atoms with Crippen LogP contribution in [0.2, 0.25) is 0 Å². The molecule has 3 heterocycles. The van der Waals surface area contributed by atoms with Crippen LogP contribution in [0.3, 0.4) is 0 Å². The molecule has 11 heteroatoms. The molecule has 1 fully saturated rings. The van der Waals surface area contributed by atoms with E-state index in [2.05, 4.69) is 25.3 Å². The van der Waals surface area contributed by atoms with E-state index < -0.39 is 17.9 Å². The molecule has 174 valence electrons. The number of benzene rings is 1. The van der Waals surface area contributed by atoms with E-state index >= 15 is 0 Å². The van der Waals surface area contributed by atoms with Crippen molar-refractivity contribution in [3.63, 3.8) is 0 Å². The van der Waals surface area contributed by atoms with Gasteiger partial charge in [-0.1, -0.05) is 5.16 Å². The second kappa shape index (κ2) is 9.43. The minimum absolute atomic E-state index is 0.0410. The van der Waals surface area contributed by atoms with E-state index in [1.807, 2.05) is 6.92 Å². The van der Waals surface area contributed by atoms with Crippen LogP contribution in [0.5, 0.6) is 0 Å². The zero-order chi connectivity index (χ0) is 23.5. The number of rotatable bonds is 5. The number of anilines is 1. The number of amidine groups is 1. The van der Waals surface area contributed by atoms with Gasteiger partial charge in [0.1, 0.15) is 17.8 Å². The highest BCUT2D eigenvalue weighted by molar-refractivity contribution is 6.10. The molecule has 0 spiro atoms. The van der Waals surface area contributed by atoms with Crippen molar-refractivity contribution in [1.82, 2.24) is 15.4 Å². The van der Waals surface area contributed by atoms with Crippen molar-refractivity contribution in [3.8, 4) is 0 Å². The van der Waals surface area contributed by atoms with Crippen LogP contribution >= 0.6 is 0 Å². The lowest BCUT2D eigenvalue weighted by molar-refractivity contribution is -0.113. The number of hydrogen-bond acceptors (Lipinski definition) is 9. The number of ether oxygens (including phenoxy) is 1. The molecular weight excluding hydrogens is 430 g/mol. The number of aliphatic hydroxyl groups is 2. The number of aliphatic imine (C=N–C) groups is 1. The molecule has 2 aliphatic rings. The fraction of sp³-hybridized carbons (Fsp3) is 0.364. The Hall–Kier alpha value is -3.70. The Balaban J connectivity index is 1.63. The van der Waals surface area contributed by atoms with Crippen molar-refractivity contribution in [1.29, 1.82) is 0 Å². The van der Waals surface area contributed by atoms with E-state index in [0.717, 1.165) is 18.4 Å². The van der Waals surface area contributed by atoms with E-state index in [1.54, 1.807) is 18.2 Å². The quantitative estimate of drug-likeness (QED) is 0.527. The van der Waals surface area contributed by atoms with Gasteiger partial charge in [0.25, 0.3) is 11.8 Å². The van der Waals surface area contributed by atoms with E-state index in [0.29, 0.717) is 24.3 Å². The third-order valence-corrected chi connectivity index (χ3v) is 5.47. The van der Waals surface area contributed by atoms with Crippen LogP contribution < -0.4 is 10.6 Å². The third-order valence-electron chi connectivity index (χ3n) is 5.47. The molecule has 0 saturated carbocycles. The molecule has 0 radical (unpaired) electrons. The number of hydrogen-bond donors (Lipinski definition) is 4. The Morgan fingerprint density at radius 2 is 1.94 bits per heavy atom. The summed E-state index contributed by atoms with van der Waals surface area (Å²) in [5.41, 5.74) is 1.65. The smallest absolute Gasteiger partial charge is 0.278 e. The van der Waals surface area contributed by atoms with Crippen molar-refractivity contribution in [2.75, 3.05) is 25.6 Å². The predicted octanol–water partition coefficient (Wildman–Crippen LogP) is 1.31. The molecule has 0 bridgehead atoms. The summed E-state index contributed by atoms with van der Waals surface area (Å²) in [7, 11) is 1.53. The van der Waals surface area contributed by atoms with Crippen LogP contribution in [0.15, 0.2) is 51.6 Å². The van der Waals surface area contributed by atoms with Crippen LogP contribution in [-0.4, -0.2) is 70.5 Å². The molecule has 1 saturated heterocycles. The van der Waals surface area contributed by atoms with Crippen LogP contribution in [0.1, 0.15) is 34.3 Å². The lowest BCUT2D eigenvalue weighted by Crippen LogP contribution is -2.43. The summed E-state index contributed by atoms with van der Waals surface area (Å²) in [5.74, 6) is -1.35. The molecule has 4 rings (SSSR count). The number of nitrogens with zero attached hydrogens (tertiary/aromatic N) is 3. The van der Waals surface area contributed by atoms with E-state index in [9.17, 15) is 19.8 Å². The molecule has 2 aliphatic heterocycles. The highest BCUT2D eigenvalue weighted by atomic mass is 16.5. The number of likely N-dealkylation sites (N-methyl/N-ethyl adjacent to an activating group) is 1. The number of aryl methyl sites for hydroxylation is 1. The fourth-order valence-corrected chi connectivity index (χ4v) is 3.71. The number of nitrogens with one attached hydrogen (secondary N) is 2. The third kappa shape index (κ3) is 4.89. The van der Waals surface area contributed by atoms with Gasteiger partial charge in [-0.05, 0) is 43.5 Å². The summed E-state index contributed by atoms with van der Waals surface area (Å²) < 4.78 is 10.0. The van der Waals surface area contributed by atoms with Crippen molar-refractivity contribution >= 4 is 23.3 Å². The van der Waals surface area contributed by atoms with Gasteiger partial charge in [0.2, 0.25) is 0 Å². The molecule has 1 aromatic carbocycles. The first kappa shape index (κ1) is 22.5. The maximum Gasteiger partial charge on any atom is 0.278 e. The van der Waals surface area contributed by atoms with Gasteiger partial charge in [0.05, 0.1) is 6.20 Å². The van der Waals surface area contributed by atoms with Crippen molar-refractivity contribution in [2.45, 2.75) is 32.0 Å². The number of carbonyl (C=O) groups excluding carboxylic acids is 2. The van der Waals surface area contributed by atoms with Crippen LogP contribution in [-0.2, 0) is 9.53 Å². The highest BCUT2D eigenvalue weighted by Gasteiger charge is 2.32. The molecule has 2 aromatic rings. The van der Waals surface area contributed by atoms with Gasteiger partial charge in [-0.2, -0.15) is 0 Å². The fourth-order valence-electron chi connectivity index (χ4n) is 3.71. The van der Waals surface area contributed by atoms with Crippen molar-refractivity contribution in [3.05, 3.63) is 58.8 Å². The van der Waals surface area contributed by atoms with Crippen LogP contribution in [0, 0.1) is 6.92 Å². The Bertz CT molecular complexity index is 1100. The molecule has 1 atom stereocenters. The van der Waals surface area contributed by atoms with Gasteiger partial charge in [0.15, 0.2) is 17.7 Å². The Morgan fingerprint density at radius 3 is 2.64 bits per heavy atom. The number of amides is 2. The second-order valence-corrected chi connectivity index (χ2v) is 7.97. The normalized spacial score (nSPS) is 19.3. The maximum absolute atomic E-state index is 12.9. The zero-order valence-electron chi connectivity index (χ0n) is 18.2. The second-order valence-electron chi connectivity index (χ2n) is 7.97. The Labute approximate surface area is 189 Å². The molecule has 1 aromatic heterocycles. The number of aliphatic hydroxyl groups excluding tert-OH is 2. The van der Waals surface area contributed by atoms with Gasteiger partial charge in [-0.3, -0.25) is 9.59 Å². The summed E-state index contributed by atoms with van der Waals surface area (Å²) in [4.78, 5) is 31.1. The SMILES string of the molecule is Cc1cc(C(=O)NC2CCOCC2)cc(C2=NC(C(=O)Nc3cnoc3)=C(O)C(O)N2C)c1. The molecular formula is C22H25N5O6. The monoisotopic (exact) mass is 455 g/mol. The molecule has 4 N–H and O–H groups in total. The van der Waals surface area contributed by atoms with Gasteiger partial charge >= 0.3 is 0 Å². The summed E-state index contributed by atoms with van der Waals surface area (Å²) >= 11 is 0. The lowest BCUT2D eigenvalue weighted by atomic mass is 10.0. The first-order chi connectivity index (χ1) is 15.8. The van der Waals surface area contributed by atoms with E-state index in [4.69, 9.17) is 4.74 Å². The Morgan fingerprint density at radius 1 is 1.18 bits per heavy atom. The zero-order valence-corrected chi connectivity index (χ0v) is 18.2. The van der Waals surface area contributed by atoms with Crippen LogP contribution in [0.25, 0.3) is 0 Å². The maximum atomic E-state index is 12.9. The molecule has 0 aliphatic carbocycles. The lowest BCUT2D eigenvalue weighted by Gasteiger charge is -2.31. The minimum atomic E-state index is -1.50. The first-order valence-corrected chi connectivity index (χ1v) is 10.5. The molecule has 11 nitrogen and oxygen atoms in total. The summed E-state index contributed by atoms with van der Waals surface area (Å²) in [6.45, 7) is 3.06. The summed E-state index contributed by atoms with van der Waals surface area (Å²) in [6, 6.07) is 5.22. The van der Waals surface area contributed by atoms with Crippen LogP contribution in [0.4, 0.5) is 5.69 Å². The number of carbonyl (C=O) groups is 2. The topological polar surface area (TPSA) is 150 Å². The van der Waals surface area contributed by atoms with Gasteiger partial charge in [-0.25, -0.2) is 4.99 Å². The van der Waals surface area contributed by atoms with Gasteiger partial charge in [0, 0.05) is 37.4 Å². The first-order valence-electron chi connectivity index (χ1n) is 10.5. The van der Waals surface area contributed by atoms with Gasteiger partial charge in [-0.15, -0.1) is 0 Å². The average molecular weight is 455 g/mol. The highest BCUT2D eigenvalue weighted by Crippen LogP contribution is 2.24. The average Bonchev–Trinajstić information content (AvgIpc) is 3.31. The van der Waals surface area contributed by atoms with E-state index in [-0.39, 0.29) is 29.2 Å². The summed E-state index contributed by atoms with van der Waals surface area (Å²) in [6.07, 6.45) is 2.51. The van der Waals surface area contributed by atoms with Crippen molar-refractivity contribution in [2.24, 2.45) is 4.99 Å². The molecule has 1 unspecified atom stereocenters. The predicted molar refractivity (Wildman–Crippen MR) is 118 cm³/mol. The standard InChI is InChI=1S/C22H25N5O6/c1-12-7-13(9-14(8-12)20(29)24-15-3-5-32-6-4-15)19-26-17(18(28)22(31)27(19)2)21(30)25-16-10-23-33-11-16/h7-11,15,22,28,31H,3-6H2,1-2H3,(H,24,29)(H,25,30). The molecule has 2 amide bonds. The molecule has 33 heavy (non-hydrogen) atoms. The van der Waals surface area contributed by atoms with Crippen molar-refractivity contribution < 1.29 is 29.1 Å². The van der Waals surface area contributed by atoms with Gasteiger partial charge < -0.3 is 35.0 Å².